The van der Waals surface area contributed by atoms with Gasteiger partial charge < -0.3 is 9.47 Å². The number of para-hydroxylation sites is 1. The van der Waals surface area contributed by atoms with Crippen molar-refractivity contribution >= 4 is 29.1 Å². The first-order valence-corrected chi connectivity index (χ1v) is 11.1. The number of carbonyl (C=O) groups is 2. The summed E-state index contributed by atoms with van der Waals surface area (Å²) >= 11 is 5.09. The first kappa shape index (κ1) is 25.1. The van der Waals surface area contributed by atoms with Gasteiger partial charge in [0.25, 0.3) is 11.8 Å². The summed E-state index contributed by atoms with van der Waals surface area (Å²) < 4.78 is 11.3. The highest BCUT2D eigenvalue weighted by Crippen LogP contribution is 2.28. The van der Waals surface area contributed by atoms with E-state index in [0.717, 1.165) is 12.0 Å². The second-order valence-electron chi connectivity index (χ2n) is 7.82. The lowest BCUT2D eigenvalue weighted by Gasteiger charge is -2.16. The SMILES string of the molecule is CCC(C)c1ccccc1OCC(=O)NNC(=S)NC(=O)c1cccc(OCC(C)C)c1. The smallest absolute Gasteiger partial charge is 0.276 e. The van der Waals surface area contributed by atoms with E-state index in [-0.39, 0.29) is 11.7 Å². The van der Waals surface area contributed by atoms with Crippen molar-refractivity contribution in [2.24, 2.45) is 5.92 Å². The Hall–Kier alpha value is -3.13. The Morgan fingerprint density at radius 3 is 2.47 bits per heavy atom. The molecule has 0 radical (unpaired) electrons. The van der Waals surface area contributed by atoms with Crippen molar-refractivity contribution in [3.05, 3.63) is 59.7 Å². The monoisotopic (exact) mass is 457 g/mol. The molecule has 0 saturated carbocycles. The molecule has 3 N–H and O–H groups in total. The average Bonchev–Trinajstić information content (AvgIpc) is 2.79. The number of rotatable bonds is 9. The van der Waals surface area contributed by atoms with Crippen LogP contribution in [0.25, 0.3) is 0 Å². The van der Waals surface area contributed by atoms with Crippen LogP contribution in [0.5, 0.6) is 11.5 Å². The Kier molecular flexibility index (Phi) is 9.94. The summed E-state index contributed by atoms with van der Waals surface area (Å²) in [7, 11) is 0. The Labute approximate surface area is 194 Å². The Morgan fingerprint density at radius 1 is 1.00 bits per heavy atom. The van der Waals surface area contributed by atoms with E-state index in [1.807, 2.05) is 38.1 Å². The summed E-state index contributed by atoms with van der Waals surface area (Å²) in [6, 6.07) is 14.5. The molecule has 0 bridgehead atoms. The molecule has 2 rings (SSSR count). The van der Waals surface area contributed by atoms with E-state index in [4.69, 9.17) is 21.7 Å². The quantitative estimate of drug-likeness (QED) is 0.390. The predicted molar refractivity (Wildman–Crippen MR) is 129 cm³/mol. The number of hydrogen-bond acceptors (Lipinski definition) is 5. The maximum absolute atomic E-state index is 12.4. The molecule has 0 aliphatic heterocycles. The maximum atomic E-state index is 12.4. The van der Waals surface area contributed by atoms with E-state index in [9.17, 15) is 9.59 Å². The van der Waals surface area contributed by atoms with E-state index in [0.29, 0.717) is 35.5 Å². The number of amides is 2. The molecule has 7 nitrogen and oxygen atoms in total. The van der Waals surface area contributed by atoms with Gasteiger partial charge in [-0.25, -0.2) is 0 Å². The van der Waals surface area contributed by atoms with Gasteiger partial charge >= 0.3 is 0 Å². The van der Waals surface area contributed by atoms with E-state index < -0.39 is 11.8 Å². The Bertz CT molecular complexity index is 933. The molecule has 0 aliphatic carbocycles. The van der Waals surface area contributed by atoms with Gasteiger partial charge in [0.1, 0.15) is 11.5 Å². The summed E-state index contributed by atoms with van der Waals surface area (Å²) in [5.74, 6) is 1.14. The van der Waals surface area contributed by atoms with Crippen LogP contribution in [-0.4, -0.2) is 30.1 Å². The Morgan fingerprint density at radius 2 is 1.75 bits per heavy atom. The number of thiocarbonyl (C=S) groups is 1. The van der Waals surface area contributed by atoms with Crippen LogP contribution < -0.4 is 25.6 Å². The molecule has 0 aliphatic rings. The van der Waals surface area contributed by atoms with Crippen LogP contribution in [-0.2, 0) is 4.79 Å². The first-order chi connectivity index (χ1) is 15.3. The zero-order valence-corrected chi connectivity index (χ0v) is 19.8. The molecule has 1 atom stereocenters. The van der Waals surface area contributed by atoms with Gasteiger partial charge in [-0.2, -0.15) is 0 Å². The van der Waals surface area contributed by atoms with Gasteiger partial charge in [0.15, 0.2) is 11.7 Å². The lowest BCUT2D eigenvalue weighted by molar-refractivity contribution is -0.123. The lowest BCUT2D eigenvalue weighted by Crippen LogP contribution is -2.49. The van der Waals surface area contributed by atoms with Gasteiger partial charge in [-0.3, -0.25) is 25.8 Å². The van der Waals surface area contributed by atoms with Crippen LogP contribution in [0, 0.1) is 5.92 Å². The van der Waals surface area contributed by atoms with Crippen molar-refractivity contribution < 1.29 is 19.1 Å². The molecule has 0 fully saturated rings. The minimum absolute atomic E-state index is 0.0307. The topological polar surface area (TPSA) is 88.7 Å². The molecule has 172 valence electrons. The van der Waals surface area contributed by atoms with E-state index in [1.165, 1.54) is 0 Å². The highest BCUT2D eigenvalue weighted by Gasteiger charge is 2.12. The number of hydrazine groups is 1. The fourth-order valence-corrected chi connectivity index (χ4v) is 2.89. The molecule has 1 unspecified atom stereocenters. The highest BCUT2D eigenvalue weighted by molar-refractivity contribution is 7.80. The standard InChI is InChI=1S/C24H31N3O4S/c1-5-17(4)20-11-6-7-12-21(20)31-15-22(28)26-27-24(32)25-23(29)18-9-8-10-19(13-18)30-14-16(2)3/h6-13,16-17H,5,14-15H2,1-4H3,(H,26,28)(H2,25,27,29,32). The molecule has 0 saturated heterocycles. The van der Waals surface area contributed by atoms with Crippen molar-refractivity contribution in [3.8, 4) is 11.5 Å². The van der Waals surface area contributed by atoms with E-state index in [1.54, 1.807) is 24.3 Å². The summed E-state index contributed by atoms with van der Waals surface area (Å²) in [5.41, 5.74) is 6.38. The number of benzene rings is 2. The van der Waals surface area contributed by atoms with Crippen LogP contribution >= 0.6 is 12.2 Å². The molecule has 0 heterocycles. The molecular formula is C24H31N3O4S. The van der Waals surface area contributed by atoms with Crippen molar-refractivity contribution in [1.29, 1.82) is 0 Å². The fraction of sp³-hybridized carbons (Fsp3) is 0.375. The van der Waals surface area contributed by atoms with Crippen molar-refractivity contribution in [1.82, 2.24) is 16.2 Å². The summed E-state index contributed by atoms with van der Waals surface area (Å²) in [4.78, 5) is 24.5. The van der Waals surface area contributed by atoms with Crippen molar-refractivity contribution in [3.63, 3.8) is 0 Å². The van der Waals surface area contributed by atoms with Crippen LogP contribution in [0.1, 0.15) is 56.0 Å². The summed E-state index contributed by atoms with van der Waals surface area (Å²) in [6.07, 6.45) is 0.967. The minimum Gasteiger partial charge on any atom is -0.493 e. The molecule has 2 aromatic rings. The van der Waals surface area contributed by atoms with Crippen LogP contribution in [0.4, 0.5) is 0 Å². The summed E-state index contributed by atoms with van der Waals surface area (Å²) in [5, 5.41) is 2.49. The van der Waals surface area contributed by atoms with Crippen LogP contribution in [0.2, 0.25) is 0 Å². The predicted octanol–water partition coefficient (Wildman–Crippen LogP) is 3.95. The van der Waals surface area contributed by atoms with Crippen LogP contribution in [0.15, 0.2) is 48.5 Å². The molecule has 0 aromatic heterocycles. The first-order valence-electron chi connectivity index (χ1n) is 10.6. The lowest BCUT2D eigenvalue weighted by atomic mass is 9.98. The average molecular weight is 458 g/mol. The second-order valence-corrected chi connectivity index (χ2v) is 8.23. The van der Waals surface area contributed by atoms with Gasteiger partial charge in [0, 0.05) is 5.56 Å². The van der Waals surface area contributed by atoms with Gasteiger partial charge in [-0.05, 0) is 60.3 Å². The van der Waals surface area contributed by atoms with Crippen molar-refractivity contribution in [2.45, 2.75) is 40.0 Å². The summed E-state index contributed by atoms with van der Waals surface area (Å²) in [6.45, 7) is 8.67. The number of ether oxygens (including phenoxy) is 2. The molecule has 2 amide bonds. The van der Waals surface area contributed by atoms with E-state index in [2.05, 4.69) is 30.0 Å². The number of carbonyl (C=O) groups excluding carboxylic acids is 2. The molecule has 8 heteroatoms. The van der Waals surface area contributed by atoms with Gasteiger partial charge in [0.2, 0.25) is 0 Å². The van der Waals surface area contributed by atoms with Crippen molar-refractivity contribution in [2.75, 3.05) is 13.2 Å². The number of nitrogens with one attached hydrogen (secondary N) is 3. The van der Waals surface area contributed by atoms with Gasteiger partial charge in [-0.1, -0.05) is 52.0 Å². The third-order valence-electron chi connectivity index (χ3n) is 4.64. The Balaban J connectivity index is 1.80. The van der Waals surface area contributed by atoms with Crippen LogP contribution in [0.3, 0.4) is 0 Å². The number of hydrogen-bond donors (Lipinski definition) is 3. The third-order valence-corrected chi connectivity index (χ3v) is 4.85. The molecule has 32 heavy (non-hydrogen) atoms. The molecule has 2 aromatic carbocycles. The van der Waals surface area contributed by atoms with E-state index >= 15 is 0 Å². The highest BCUT2D eigenvalue weighted by atomic mass is 32.1. The van der Waals surface area contributed by atoms with Gasteiger partial charge in [-0.15, -0.1) is 0 Å². The largest absolute Gasteiger partial charge is 0.493 e. The maximum Gasteiger partial charge on any atom is 0.276 e. The minimum atomic E-state index is -0.426. The third kappa shape index (κ3) is 8.19. The zero-order chi connectivity index (χ0) is 23.5. The molecule has 0 spiro atoms. The fourth-order valence-electron chi connectivity index (χ4n) is 2.74. The zero-order valence-electron chi connectivity index (χ0n) is 18.9. The second kappa shape index (κ2) is 12.7. The molecular weight excluding hydrogens is 426 g/mol. The van der Waals surface area contributed by atoms with Gasteiger partial charge in [0.05, 0.1) is 6.61 Å². The normalized spacial score (nSPS) is 11.4.